The lowest BCUT2D eigenvalue weighted by atomic mass is 10.5. The number of hydrogen-bond donors (Lipinski definition) is 0. The van der Waals surface area contributed by atoms with E-state index in [1.807, 2.05) is 6.92 Å². The predicted molar refractivity (Wildman–Crippen MR) is 69.0 cm³/mol. The molecule has 0 aromatic heterocycles. The second-order valence-electron chi connectivity index (χ2n) is 3.63. The first-order valence-electron chi connectivity index (χ1n) is 6.20. The number of phosphoric ester groups is 1. The maximum absolute atomic E-state index is 12.1. The monoisotopic (exact) mass is 312 g/mol. The highest BCUT2D eigenvalue weighted by atomic mass is 31.2. The molecule has 0 aliphatic heterocycles. The van der Waals surface area contributed by atoms with Crippen molar-refractivity contribution >= 4 is 19.8 Å². The van der Waals surface area contributed by atoms with Crippen LogP contribution in [0.15, 0.2) is 0 Å². The van der Waals surface area contributed by atoms with Crippen molar-refractivity contribution in [1.82, 2.24) is 0 Å². The number of carbonyl (C=O) groups excluding carboxylic acids is 2. The van der Waals surface area contributed by atoms with Crippen molar-refractivity contribution in [1.29, 1.82) is 0 Å². The van der Waals surface area contributed by atoms with Crippen LogP contribution in [0.4, 0.5) is 0 Å². The summed E-state index contributed by atoms with van der Waals surface area (Å²) in [4.78, 5) is 21.1. The van der Waals surface area contributed by atoms with E-state index in [-0.39, 0.29) is 33.0 Å². The molecule has 0 fully saturated rings. The Hall–Kier alpha value is -0.950. The highest BCUT2D eigenvalue weighted by molar-refractivity contribution is 7.48. The van der Waals surface area contributed by atoms with Crippen LogP contribution < -0.4 is 0 Å². The average molecular weight is 312 g/mol. The summed E-state index contributed by atoms with van der Waals surface area (Å²) in [5.41, 5.74) is 0. The van der Waals surface area contributed by atoms with E-state index in [0.717, 1.165) is 0 Å². The van der Waals surface area contributed by atoms with Crippen molar-refractivity contribution in [3.8, 4) is 0 Å². The van der Waals surface area contributed by atoms with E-state index in [4.69, 9.17) is 13.6 Å². The SMILES string of the molecule is CCCOP(=O)(OCCOC(C)=O)OCCOC(C)=O. The zero-order valence-corrected chi connectivity index (χ0v) is 12.9. The summed E-state index contributed by atoms with van der Waals surface area (Å²) in [6.45, 7) is 4.19. The average Bonchev–Trinajstić information content (AvgIpc) is 2.37. The van der Waals surface area contributed by atoms with Crippen LogP contribution in [0.2, 0.25) is 0 Å². The van der Waals surface area contributed by atoms with Gasteiger partial charge in [0.15, 0.2) is 0 Å². The third-order valence-corrected chi connectivity index (χ3v) is 3.23. The molecule has 0 aromatic rings. The topological polar surface area (TPSA) is 97.4 Å². The number of carbonyl (C=O) groups is 2. The zero-order valence-electron chi connectivity index (χ0n) is 12.0. The second-order valence-corrected chi connectivity index (χ2v) is 5.30. The van der Waals surface area contributed by atoms with E-state index in [1.54, 1.807) is 0 Å². The van der Waals surface area contributed by atoms with Crippen molar-refractivity contribution in [2.45, 2.75) is 27.2 Å². The lowest BCUT2D eigenvalue weighted by Crippen LogP contribution is -2.12. The Morgan fingerprint density at radius 3 is 1.55 bits per heavy atom. The van der Waals surface area contributed by atoms with Gasteiger partial charge in [-0.05, 0) is 6.42 Å². The molecule has 20 heavy (non-hydrogen) atoms. The Balaban J connectivity index is 4.10. The maximum Gasteiger partial charge on any atom is 0.475 e. The summed E-state index contributed by atoms with van der Waals surface area (Å²) in [7, 11) is -3.74. The lowest BCUT2D eigenvalue weighted by Gasteiger charge is -2.17. The molecule has 9 heteroatoms. The van der Waals surface area contributed by atoms with Gasteiger partial charge in [0.1, 0.15) is 13.2 Å². The first-order chi connectivity index (χ1) is 9.39. The molecule has 0 aliphatic carbocycles. The number of ether oxygens (including phenoxy) is 2. The van der Waals surface area contributed by atoms with Gasteiger partial charge in [-0.1, -0.05) is 6.92 Å². The largest absolute Gasteiger partial charge is 0.475 e. The van der Waals surface area contributed by atoms with Crippen LogP contribution in [0.3, 0.4) is 0 Å². The molecule has 0 amide bonds. The Kier molecular flexibility index (Phi) is 10.3. The van der Waals surface area contributed by atoms with Crippen LogP contribution in [0, 0.1) is 0 Å². The Morgan fingerprint density at radius 2 is 1.20 bits per heavy atom. The first-order valence-corrected chi connectivity index (χ1v) is 7.66. The maximum atomic E-state index is 12.1. The summed E-state index contributed by atoms with van der Waals surface area (Å²) in [5, 5.41) is 0. The van der Waals surface area contributed by atoms with Gasteiger partial charge in [0.05, 0.1) is 19.8 Å². The van der Waals surface area contributed by atoms with Crippen molar-refractivity contribution in [2.75, 3.05) is 33.0 Å². The Labute approximate surface area is 118 Å². The molecule has 0 N–H and O–H groups in total. The molecule has 0 bridgehead atoms. The van der Waals surface area contributed by atoms with Gasteiger partial charge in [0.25, 0.3) is 0 Å². The third-order valence-electron chi connectivity index (χ3n) is 1.73. The van der Waals surface area contributed by atoms with E-state index >= 15 is 0 Å². The molecule has 0 unspecified atom stereocenters. The predicted octanol–water partition coefficient (Wildman–Crippen LogP) is 1.68. The van der Waals surface area contributed by atoms with Crippen LogP contribution in [0.25, 0.3) is 0 Å². The minimum absolute atomic E-state index is 0.0535. The van der Waals surface area contributed by atoms with E-state index < -0.39 is 19.8 Å². The summed E-state index contributed by atoms with van der Waals surface area (Å²) >= 11 is 0. The van der Waals surface area contributed by atoms with Gasteiger partial charge >= 0.3 is 19.8 Å². The number of hydrogen-bond acceptors (Lipinski definition) is 8. The highest BCUT2D eigenvalue weighted by Crippen LogP contribution is 2.49. The van der Waals surface area contributed by atoms with Gasteiger partial charge in [-0.25, -0.2) is 4.57 Å². The standard InChI is InChI=1S/C11H21O8P/c1-4-5-17-20(14,18-8-6-15-10(2)12)19-9-7-16-11(3)13/h4-9H2,1-3H3. The molecule has 0 radical (unpaired) electrons. The van der Waals surface area contributed by atoms with Crippen molar-refractivity contribution in [2.24, 2.45) is 0 Å². The van der Waals surface area contributed by atoms with E-state index in [1.165, 1.54) is 13.8 Å². The normalized spacial score (nSPS) is 11.2. The second kappa shape index (κ2) is 10.8. The fourth-order valence-corrected chi connectivity index (χ4v) is 2.21. The molecule has 0 aromatic carbocycles. The molecule has 118 valence electrons. The van der Waals surface area contributed by atoms with Gasteiger partial charge in [-0.3, -0.25) is 23.2 Å². The van der Waals surface area contributed by atoms with E-state index in [2.05, 4.69) is 9.47 Å². The van der Waals surface area contributed by atoms with Gasteiger partial charge in [-0.2, -0.15) is 0 Å². The molecule has 0 spiro atoms. The summed E-state index contributed by atoms with van der Waals surface area (Å²) in [5.74, 6) is -0.928. The minimum atomic E-state index is -3.74. The molecule has 8 nitrogen and oxygen atoms in total. The molecule has 0 atom stereocenters. The fourth-order valence-electron chi connectivity index (χ4n) is 0.984. The van der Waals surface area contributed by atoms with Crippen LogP contribution in [-0.2, 0) is 37.2 Å². The first kappa shape index (κ1) is 19.1. The number of rotatable bonds is 11. The lowest BCUT2D eigenvalue weighted by molar-refractivity contribution is -0.142. The van der Waals surface area contributed by atoms with Crippen molar-refractivity contribution < 1.29 is 37.2 Å². The summed E-state index contributed by atoms with van der Waals surface area (Å²) in [6, 6.07) is 0. The Bertz CT molecular complexity index is 317. The van der Waals surface area contributed by atoms with Crippen LogP contribution in [0.1, 0.15) is 27.2 Å². The van der Waals surface area contributed by atoms with E-state index in [0.29, 0.717) is 6.42 Å². The quantitative estimate of drug-likeness (QED) is 0.323. The fraction of sp³-hybridized carbons (Fsp3) is 0.818. The third kappa shape index (κ3) is 10.9. The molecule has 0 saturated heterocycles. The van der Waals surface area contributed by atoms with E-state index in [9.17, 15) is 14.2 Å². The molecule has 0 aliphatic rings. The van der Waals surface area contributed by atoms with Crippen LogP contribution in [0.5, 0.6) is 0 Å². The molecular formula is C11H21O8P. The van der Waals surface area contributed by atoms with Gasteiger partial charge in [-0.15, -0.1) is 0 Å². The summed E-state index contributed by atoms with van der Waals surface area (Å²) in [6.07, 6.45) is 0.630. The summed E-state index contributed by atoms with van der Waals surface area (Å²) < 4.78 is 36.4. The van der Waals surface area contributed by atoms with Gasteiger partial charge < -0.3 is 9.47 Å². The molecule has 0 rings (SSSR count). The van der Waals surface area contributed by atoms with Gasteiger partial charge in [0, 0.05) is 13.8 Å². The Morgan fingerprint density at radius 1 is 0.800 bits per heavy atom. The van der Waals surface area contributed by atoms with Crippen LogP contribution in [-0.4, -0.2) is 45.0 Å². The van der Waals surface area contributed by atoms with Crippen molar-refractivity contribution in [3.63, 3.8) is 0 Å². The molecular weight excluding hydrogens is 291 g/mol. The molecule has 0 heterocycles. The number of phosphoric acid groups is 1. The van der Waals surface area contributed by atoms with Crippen molar-refractivity contribution in [3.05, 3.63) is 0 Å². The zero-order chi connectivity index (χ0) is 15.4. The highest BCUT2D eigenvalue weighted by Gasteiger charge is 2.26. The number of esters is 2. The van der Waals surface area contributed by atoms with Crippen LogP contribution >= 0.6 is 7.82 Å². The minimum Gasteiger partial charge on any atom is -0.463 e. The van der Waals surface area contributed by atoms with Gasteiger partial charge in [0.2, 0.25) is 0 Å². The molecule has 0 saturated carbocycles. The smallest absolute Gasteiger partial charge is 0.463 e.